The van der Waals surface area contributed by atoms with Crippen molar-refractivity contribution in [3.05, 3.63) is 71.8 Å². The number of anilines is 1. The van der Waals surface area contributed by atoms with E-state index in [1.54, 1.807) is 19.1 Å². The second-order valence-electron chi connectivity index (χ2n) is 5.21. The molecule has 1 unspecified atom stereocenters. The van der Waals surface area contributed by atoms with E-state index in [0.29, 0.717) is 16.5 Å². The van der Waals surface area contributed by atoms with Gasteiger partial charge in [-0.25, -0.2) is 0 Å². The topological polar surface area (TPSA) is 38.3 Å². The molecule has 0 saturated carbocycles. The summed E-state index contributed by atoms with van der Waals surface area (Å²) in [4.78, 5) is 12.3. The third-order valence-electron chi connectivity index (χ3n) is 3.55. The van der Waals surface area contributed by atoms with Crippen LogP contribution in [0.25, 0.3) is 10.8 Å². The Bertz CT molecular complexity index is 842. The molecule has 0 spiro atoms. The maximum atomic E-state index is 12.3. The lowest BCUT2D eigenvalue weighted by Gasteiger charge is -2.16. The van der Waals surface area contributed by atoms with Crippen LogP contribution in [-0.2, 0) is 4.79 Å². The third kappa shape index (κ3) is 3.46. The zero-order chi connectivity index (χ0) is 16.2. The van der Waals surface area contributed by atoms with Crippen molar-refractivity contribution in [3.63, 3.8) is 0 Å². The largest absolute Gasteiger partial charge is 0.480 e. The van der Waals surface area contributed by atoms with E-state index in [-0.39, 0.29) is 5.91 Å². The maximum Gasteiger partial charge on any atom is 0.265 e. The normalized spacial score (nSPS) is 11.9. The minimum Gasteiger partial charge on any atom is -0.480 e. The number of carbonyl (C=O) groups excluding carboxylic acids is 1. The Labute approximate surface area is 139 Å². The quantitative estimate of drug-likeness (QED) is 0.741. The van der Waals surface area contributed by atoms with Crippen LogP contribution in [0.5, 0.6) is 5.75 Å². The molecule has 1 amide bonds. The smallest absolute Gasteiger partial charge is 0.265 e. The Morgan fingerprint density at radius 2 is 1.70 bits per heavy atom. The van der Waals surface area contributed by atoms with Crippen molar-refractivity contribution in [2.75, 3.05) is 5.32 Å². The fraction of sp³-hybridized carbons (Fsp3) is 0.105. The van der Waals surface area contributed by atoms with E-state index < -0.39 is 6.10 Å². The van der Waals surface area contributed by atoms with Gasteiger partial charge in [0.05, 0.1) is 10.7 Å². The number of carbonyl (C=O) groups is 1. The fourth-order valence-corrected chi connectivity index (χ4v) is 2.52. The molecule has 3 nitrogen and oxygen atoms in total. The van der Waals surface area contributed by atoms with Crippen LogP contribution in [0.15, 0.2) is 66.7 Å². The summed E-state index contributed by atoms with van der Waals surface area (Å²) in [6.45, 7) is 1.72. The molecule has 1 N–H and O–H groups in total. The molecular weight excluding hydrogens is 310 g/mol. The van der Waals surface area contributed by atoms with E-state index in [0.717, 1.165) is 10.8 Å². The van der Waals surface area contributed by atoms with Crippen LogP contribution in [0, 0.1) is 0 Å². The molecule has 3 aromatic carbocycles. The predicted molar refractivity (Wildman–Crippen MR) is 94.1 cm³/mol. The molecule has 0 heterocycles. The lowest BCUT2D eigenvalue weighted by atomic mass is 10.1. The molecule has 0 radical (unpaired) electrons. The van der Waals surface area contributed by atoms with E-state index in [1.807, 2.05) is 54.6 Å². The van der Waals surface area contributed by atoms with Gasteiger partial charge < -0.3 is 10.1 Å². The Morgan fingerprint density at radius 3 is 2.52 bits per heavy atom. The van der Waals surface area contributed by atoms with Gasteiger partial charge in [0.25, 0.3) is 5.91 Å². The number of rotatable bonds is 4. The van der Waals surface area contributed by atoms with E-state index in [9.17, 15) is 4.79 Å². The predicted octanol–water partition coefficient (Wildman–Crippen LogP) is 4.90. The molecular formula is C19H16ClNO2. The SMILES string of the molecule is CC(Oc1cccc2ccccc12)C(=O)Nc1ccccc1Cl. The molecule has 3 rings (SSSR count). The van der Waals surface area contributed by atoms with Crippen LogP contribution in [0.1, 0.15) is 6.92 Å². The van der Waals surface area contributed by atoms with Gasteiger partial charge in [0.2, 0.25) is 0 Å². The van der Waals surface area contributed by atoms with Gasteiger partial charge >= 0.3 is 0 Å². The summed E-state index contributed by atoms with van der Waals surface area (Å²) < 4.78 is 5.85. The third-order valence-corrected chi connectivity index (χ3v) is 3.88. The van der Waals surface area contributed by atoms with E-state index in [4.69, 9.17) is 16.3 Å². The molecule has 116 valence electrons. The van der Waals surface area contributed by atoms with Crippen LogP contribution in [0.3, 0.4) is 0 Å². The number of para-hydroxylation sites is 1. The number of amides is 1. The van der Waals surface area contributed by atoms with Crippen LogP contribution < -0.4 is 10.1 Å². The Balaban J connectivity index is 1.77. The highest BCUT2D eigenvalue weighted by Gasteiger charge is 2.16. The summed E-state index contributed by atoms with van der Waals surface area (Å²) in [5.41, 5.74) is 0.576. The van der Waals surface area contributed by atoms with E-state index in [1.165, 1.54) is 0 Å². The van der Waals surface area contributed by atoms with Gasteiger partial charge in [0.1, 0.15) is 5.75 Å². The average molecular weight is 326 g/mol. The summed E-state index contributed by atoms with van der Waals surface area (Å²) in [5.74, 6) is 0.441. The number of fused-ring (bicyclic) bond motifs is 1. The first-order valence-corrected chi connectivity index (χ1v) is 7.73. The van der Waals surface area contributed by atoms with Crippen LogP contribution in [0.4, 0.5) is 5.69 Å². The van der Waals surface area contributed by atoms with Gasteiger partial charge in [-0.1, -0.05) is 60.1 Å². The molecule has 23 heavy (non-hydrogen) atoms. The Hall–Kier alpha value is -2.52. The summed E-state index contributed by atoms with van der Waals surface area (Å²) in [5, 5.41) is 5.33. The molecule has 0 aliphatic carbocycles. The molecule has 0 fully saturated rings. The van der Waals surface area contributed by atoms with Gasteiger partial charge in [-0.2, -0.15) is 0 Å². The summed E-state index contributed by atoms with van der Waals surface area (Å²) in [6, 6.07) is 20.8. The average Bonchev–Trinajstić information content (AvgIpc) is 2.57. The first-order chi connectivity index (χ1) is 11.1. The zero-order valence-electron chi connectivity index (χ0n) is 12.6. The maximum absolute atomic E-state index is 12.3. The van der Waals surface area contributed by atoms with Crippen molar-refractivity contribution in [3.8, 4) is 5.75 Å². The van der Waals surface area contributed by atoms with Gasteiger partial charge in [0, 0.05) is 5.39 Å². The van der Waals surface area contributed by atoms with Crippen molar-refractivity contribution in [2.45, 2.75) is 13.0 Å². The minimum absolute atomic E-state index is 0.244. The second kappa shape index (κ2) is 6.71. The standard InChI is InChI=1S/C19H16ClNO2/c1-13(19(22)21-17-11-5-4-10-16(17)20)23-18-12-6-8-14-7-2-3-9-15(14)18/h2-13H,1H3,(H,21,22). The highest BCUT2D eigenvalue weighted by atomic mass is 35.5. The van der Waals surface area contributed by atoms with Gasteiger partial charge in [0.15, 0.2) is 6.10 Å². The first-order valence-electron chi connectivity index (χ1n) is 7.35. The van der Waals surface area contributed by atoms with Gasteiger partial charge in [-0.05, 0) is 30.5 Å². The van der Waals surface area contributed by atoms with Crippen LogP contribution in [-0.4, -0.2) is 12.0 Å². The van der Waals surface area contributed by atoms with Crippen molar-refractivity contribution >= 4 is 34.0 Å². The number of benzene rings is 3. The number of hydrogen-bond acceptors (Lipinski definition) is 2. The van der Waals surface area contributed by atoms with Gasteiger partial charge in [-0.3, -0.25) is 4.79 Å². The van der Waals surface area contributed by atoms with Crippen LogP contribution in [0.2, 0.25) is 5.02 Å². The number of hydrogen-bond donors (Lipinski definition) is 1. The van der Waals surface area contributed by atoms with Gasteiger partial charge in [-0.15, -0.1) is 0 Å². The molecule has 4 heteroatoms. The molecule has 0 aliphatic rings. The molecule has 3 aromatic rings. The van der Waals surface area contributed by atoms with Crippen molar-refractivity contribution < 1.29 is 9.53 Å². The second-order valence-corrected chi connectivity index (χ2v) is 5.61. The van der Waals surface area contributed by atoms with E-state index >= 15 is 0 Å². The first kappa shape index (κ1) is 15.4. The summed E-state index contributed by atoms with van der Waals surface area (Å²) >= 11 is 6.06. The molecule has 0 aliphatic heterocycles. The monoisotopic (exact) mass is 325 g/mol. The van der Waals surface area contributed by atoms with Crippen LogP contribution >= 0.6 is 11.6 Å². The highest BCUT2D eigenvalue weighted by molar-refractivity contribution is 6.33. The number of nitrogens with one attached hydrogen (secondary N) is 1. The molecule has 0 saturated heterocycles. The van der Waals surface area contributed by atoms with E-state index in [2.05, 4.69) is 5.32 Å². The lowest BCUT2D eigenvalue weighted by Crippen LogP contribution is -2.30. The number of halogens is 1. The highest BCUT2D eigenvalue weighted by Crippen LogP contribution is 2.26. The summed E-state index contributed by atoms with van der Waals surface area (Å²) in [6.07, 6.45) is -0.642. The number of ether oxygens (including phenoxy) is 1. The minimum atomic E-state index is -0.642. The Morgan fingerprint density at radius 1 is 1.00 bits per heavy atom. The Kier molecular flexibility index (Phi) is 4.49. The summed E-state index contributed by atoms with van der Waals surface area (Å²) in [7, 11) is 0. The van der Waals surface area contributed by atoms with Crippen molar-refractivity contribution in [2.24, 2.45) is 0 Å². The lowest BCUT2D eigenvalue weighted by molar-refractivity contribution is -0.122. The van der Waals surface area contributed by atoms with Crippen molar-refractivity contribution in [1.29, 1.82) is 0 Å². The fourth-order valence-electron chi connectivity index (χ4n) is 2.34. The zero-order valence-corrected chi connectivity index (χ0v) is 13.4. The molecule has 1 atom stereocenters. The molecule has 0 aromatic heterocycles. The molecule has 0 bridgehead atoms. The van der Waals surface area contributed by atoms with Crippen molar-refractivity contribution in [1.82, 2.24) is 0 Å².